The smallest absolute Gasteiger partial charge is 0.0729 e. The number of nitrogen functional groups attached to an aromatic ring is 1. The molecule has 0 aliphatic heterocycles. The first-order valence-electron chi connectivity index (χ1n) is 4.65. The van der Waals surface area contributed by atoms with Crippen LogP contribution in [-0.2, 0) is 0 Å². The van der Waals surface area contributed by atoms with Gasteiger partial charge >= 0.3 is 0 Å². The monoisotopic (exact) mass is 200 g/mol. The molecular weight excluding hydrogens is 188 g/mol. The molecule has 0 amide bonds. The predicted molar refractivity (Wildman–Crippen MR) is 62.8 cm³/mol. The molecule has 0 spiro atoms. The lowest BCUT2D eigenvalue weighted by molar-refractivity contribution is 0.908. The van der Waals surface area contributed by atoms with E-state index >= 15 is 0 Å². The fourth-order valence-electron chi connectivity index (χ4n) is 1.41. The van der Waals surface area contributed by atoms with Gasteiger partial charge in [-0.2, -0.15) is 5.10 Å². The molecule has 4 nitrogen and oxygen atoms in total. The Hall–Kier alpha value is -2.10. The molecule has 15 heavy (non-hydrogen) atoms. The molecule has 0 radical (unpaired) electrons. The first-order chi connectivity index (χ1) is 7.31. The first kappa shape index (κ1) is 9.45. The lowest BCUT2D eigenvalue weighted by Gasteiger charge is -2.01. The highest BCUT2D eigenvalue weighted by Gasteiger charge is 1.98. The summed E-state index contributed by atoms with van der Waals surface area (Å²) in [5.74, 6) is 0. The van der Waals surface area contributed by atoms with Crippen LogP contribution in [-0.4, -0.2) is 18.2 Å². The molecule has 2 aromatic rings. The maximum absolute atomic E-state index is 5.82. The number of pyridine rings is 1. The quantitative estimate of drug-likeness (QED) is 0.568. The summed E-state index contributed by atoms with van der Waals surface area (Å²) >= 11 is 0. The van der Waals surface area contributed by atoms with Gasteiger partial charge in [0.05, 0.1) is 11.7 Å². The van der Waals surface area contributed by atoms with E-state index in [2.05, 4.69) is 15.5 Å². The second-order valence-electron chi connectivity index (χ2n) is 3.16. The first-order valence-corrected chi connectivity index (χ1v) is 4.65. The van der Waals surface area contributed by atoms with Gasteiger partial charge in [0.2, 0.25) is 0 Å². The van der Waals surface area contributed by atoms with E-state index in [0.717, 1.165) is 22.2 Å². The van der Waals surface area contributed by atoms with E-state index in [1.54, 1.807) is 25.5 Å². The highest BCUT2D eigenvalue weighted by molar-refractivity contribution is 5.94. The van der Waals surface area contributed by atoms with E-state index in [1.807, 2.05) is 18.2 Å². The highest BCUT2D eigenvalue weighted by atomic mass is 15.3. The number of nitrogens with zero attached hydrogens (tertiary/aromatic N) is 2. The van der Waals surface area contributed by atoms with Crippen molar-refractivity contribution < 1.29 is 0 Å². The maximum atomic E-state index is 5.82. The number of hydrogen-bond donors (Lipinski definition) is 2. The predicted octanol–water partition coefficient (Wildman–Crippen LogP) is 1.37. The van der Waals surface area contributed by atoms with Crippen molar-refractivity contribution in [2.75, 3.05) is 12.8 Å². The lowest BCUT2D eigenvalue weighted by atomic mass is 10.1. The van der Waals surface area contributed by atoms with Crippen LogP contribution in [0.3, 0.4) is 0 Å². The van der Waals surface area contributed by atoms with Gasteiger partial charge in [-0.25, -0.2) is 0 Å². The zero-order valence-corrected chi connectivity index (χ0v) is 8.44. The van der Waals surface area contributed by atoms with Gasteiger partial charge in [0.25, 0.3) is 0 Å². The van der Waals surface area contributed by atoms with Crippen LogP contribution in [0.2, 0.25) is 0 Å². The van der Waals surface area contributed by atoms with Crippen LogP contribution in [0.5, 0.6) is 0 Å². The zero-order valence-electron chi connectivity index (χ0n) is 8.44. The van der Waals surface area contributed by atoms with Crippen molar-refractivity contribution in [3.8, 4) is 0 Å². The number of nitrogens with two attached hydrogens (primary N) is 1. The molecule has 2 rings (SSSR count). The highest BCUT2D eigenvalue weighted by Crippen LogP contribution is 2.18. The van der Waals surface area contributed by atoms with Crippen LogP contribution in [0.4, 0.5) is 5.69 Å². The van der Waals surface area contributed by atoms with Gasteiger partial charge in [0, 0.05) is 24.3 Å². The van der Waals surface area contributed by atoms with E-state index < -0.39 is 0 Å². The molecule has 1 aromatic heterocycles. The van der Waals surface area contributed by atoms with Gasteiger partial charge in [-0.15, -0.1) is 0 Å². The molecule has 0 atom stereocenters. The number of hydrogen-bond acceptors (Lipinski definition) is 4. The summed E-state index contributed by atoms with van der Waals surface area (Å²) in [5.41, 5.74) is 11.1. The van der Waals surface area contributed by atoms with Crippen LogP contribution in [0.15, 0.2) is 35.6 Å². The van der Waals surface area contributed by atoms with E-state index in [9.17, 15) is 0 Å². The van der Waals surface area contributed by atoms with E-state index in [4.69, 9.17) is 5.73 Å². The number of benzene rings is 1. The molecule has 1 aromatic carbocycles. The molecule has 3 N–H and O–H groups in total. The standard InChI is InChI=1S/C11H12N4/c1-13-15-7-8-2-3-9-10(12)4-5-14-11(9)6-8/h2-7,13H,1H3,(H2,12,14)/b15-7+. The fourth-order valence-corrected chi connectivity index (χ4v) is 1.41. The minimum Gasteiger partial charge on any atom is -0.398 e. The summed E-state index contributed by atoms with van der Waals surface area (Å²) in [6.07, 6.45) is 3.45. The van der Waals surface area contributed by atoms with E-state index in [1.165, 1.54) is 0 Å². The number of rotatable bonds is 2. The van der Waals surface area contributed by atoms with Crippen molar-refractivity contribution >= 4 is 22.8 Å². The summed E-state index contributed by atoms with van der Waals surface area (Å²) in [6.45, 7) is 0. The summed E-state index contributed by atoms with van der Waals surface area (Å²) in [6, 6.07) is 7.66. The fraction of sp³-hybridized carbons (Fsp3) is 0.0909. The minimum absolute atomic E-state index is 0.747. The van der Waals surface area contributed by atoms with E-state index in [0.29, 0.717) is 0 Å². The second kappa shape index (κ2) is 3.96. The Morgan fingerprint density at radius 3 is 3.07 bits per heavy atom. The van der Waals surface area contributed by atoms with Gasteiger partial charge in [-0.1, -0.05) is 12.1 Å². The molecule has 0 aliphatic rings. The van der Waals surface area contributed by atoms with Gasteiger partial charge in [-0.05, 0) is 17.7 Å². The summed E-state index contributed by atoms with van der Waals surface area (Å²) in [7, 11) is 1.76. The molecule has 0 fully saturated rings. The molecular formula is C11H12N4. The SMILES string of the molecule is CN/N=C/c1ccc2c(N)ccnc2c1. The van der Waals surface area contributed by atoms with E-state index in [-0.39, 0.29) is 0 Å². The Labute approximate surface area is 87.8 Å². The lowest BCUT2D eigenvalue weighted by Crippen LogP contribution is -1.95. The minimum atomic E-state index is 0.747. The van der Waals surface area contributed by atoms with Gasteiger partial charge < -0.3 is 11.2 Å². The topological polar surface area (TPSA) is 63.3 Å². The Morgan fingerprint density at radius 1 is 1.40 bits per heavy atom. The largest absolute Gasteiger partial charge is 0.398 e. The van der Waals surface area contributed by atoms with Crippen LogP contribution in [0.25, 0.3) is 10.9 Å². The van der Waals surface area contributed by atoms with Crippen molar-refractivity contribution in [3.05, 3.63) is 36.0 Å². The van der Waals surface area contributed by atoms with Crippen molar-refractivity contribution in [1.29, 1.82) is 0 Å². The number of hydrazone groups is 1. The number of anilines is 1. The molecule has 0 unspecified atom stereocenters. The van der Waals surface area contributed by atoms with Crippen molar-refractivity contribution in [2.24, 2.45) is 5.10 Å². The molecule has 1 heterocycles. The number of aromatic nitrogens is 1. The Balaban J connectivity index is 2.52. The summed E-state index contributed by atoms with van der Waals surface area (Å²) in [4.78, 5) is 4.25. The van der Waals surface area contributed by atoms with Crippen molar-refractivity contribution in [1.82, 2.24) is 10.4 Å². The van der Waals surface area contributed by atoms with Gasteiger partial charge in [0.15, 0.2) is 0 Å². The average Bonchev–Trinajstić information content (AvgIpc) is 2.26. The van der Waals surface area contributed by atoms with Gasteiger partial charge in [0.1, 0.15) is 0 Å². The van der Waals surface area contributed by atoms with Crippen LogP contribution >= 0.6 is 0 Å². The molecule has 4 heteroatoms. The third kappa shape index (κ3) is 1.88. The summed E-state index contributed by atoms with van der Waals surface area (Å²) in [5, 5.41) is 4.91. The molecule has 0 saturated heterocycles. The van der Waals surface area contributed by atoms with Crippen LogP contribution in [0.1, 0.15) is 5.56 Å². The number of fused-ring (bicyclic) bond motifs is 1. The van der Waals surface area contributed by atoms with Gasteiger partial charge in [-0.3, -0.25) is 4.98 Å². The Bertz CT molecular complexity index is 505. The van der Waals surface area contributed by atoms with Crippen LogP contribution < -0.4 is 11.2 Å². The van der Waals surface area contributed by atoms with Crippen molar-refractivity contribution in [2.45, 2.75) is 0 Å². The third-order valence-corrected chi connectivity index (χ3v) is 2.14. The summed E-state index contributed by atoms with van der Waals surface area (Å²) < 4.78 is 0. The Kier molecular flexibility index (Phi) is 2.49. The normalized spacial score (nSPS) is 11.0. The zero-order chi connectivity index (χ0) is 10.7. The van der Waals surface area contributed by atoms with Crippen LogP contribution in [0, 0.1) is 0 Å². The molecule has 0 bridgehead atoms. The Morgan fingerprint density at radius 2 is 2.27 bits per heavy atom. The number of nitrogens with one attached hydrogen (secondary N) is 1. The molecule has 76 valence electrons. The maximum Gasteiger partial charge on any atom is 0.0729 e. The molecule has 0 saturated carbocycles. The molecule has 0 aliphatic carbocycles. The third-order valence-electron chi connectivity index (χ3n) is 2.14. The average molecular weight is 200 g/mol. The van der Waals surface area contributed by atoms with Crippen molar-refractivity contribution in [3.63, 3.8) is 0 Å². The second-order valence-corrected chi connectivity index (χ2v) is 3.16.